The van der Waals surface area contributed by atoms with Crippen LogP contribution in [0.2, 0.25) is 0 Å². The molecule has 1 heterocycles. The molecule has 0 aromatic heterocycles. The average molecular weight is 314 g/mol. The van der Waals surface area contributed by atoms with E-state index in [0.717, 1.165) is 4.90 Å². The monoisotopic (exact) mass is 314 g/mol. The molecule has 116 valence electrons. The number of urea groups is 1. The van der Waals surface area contributed by atoms with Gasteiger partial charge in [0.05, 0.1) is 6.54 Å². The summed E-state index contributed by atoms with van der Waals surface area (Å²) in [6.45, 7) is -0.189. The third-order valence-electron chi connectivity index (χ3n) is 3.45. The van der Waals surface area contributed by atoms with Gasteiger partial charge < -0.3 is 5.32 Å². The average Bonchev–Trinajstić information content (AvgIpc) is 2.79. The number of carbonyl (C=O) groups excluding carboxylic acids is 2. The Kier molecular flexibility index (Phi) is 3.89. The minimum Gasteiger partial charge on any atom is -0.303 e. The molecule has 2 aromatic carbocycles. The van der Waals surface area contributed by atoms with E-state index in [2.05, 4.69) is 5.32 Å². The fourth-order valence-corrected chi connectivity index (χ4v) is 2.26. The molecule has 1 aliphatic heterocycles. The summed E-state index contributed by atoms with van der Waals surface area (Å²) < 4.78 is 27.3. The van der Waals surface area contributed by atoms with Gasteiger partial charge in [-0.05, 0) is 18.2 Å². The number of hydrogen-bond donors (Lipinski definition) is 1. The quantitative estimate of drug-likeness (QED) is 0.699. The van der Waals surface area contributed by atoms with E-state index in [0.29, 0.717) is 0 Å². The van der Waals surface area contributed by atoms with Crippen LogP contribution in [0.4, 0.5) is 13.6 Å². The molecule has 2 aromatic rings. The number of hydrogen-bond acceptors (Lipinski definition) is 2. The van der Waals surface area contributed by atoms with Crippen LogP contribution in [0, 0.1) is 11.6 Å². The Morgan fingerprint density at radius 1 is 0.957 bits per heavy atom. The van der Waals surface area contributed by atoms with Gasteiger partial charge in [-0.25, -0.2) is 13.6 Å². The zero-order chi connectivity index (χ0) is 16.4. The molecule has 4 nitrogen and oxygen atoms in total. The van der Waals surface area contributed by atoms with E-state index in [9.17, 15) is 18.4 Å². The number of nitrogens with one attached hydrogen (secondary N) is 1. The fourth-order valence-electron chi connectivity index (χ4n) is 2.26. The van der Waals surface area contributed by atoms with Gasteiger partial charge in [0.2, 0.25) is 0 Å². The van der Waals surface area contributed by atoms with Crippen LogP contribution in [0.3, 0.4) is 0 Å². The summed E-state index contributed by atoms with van der Waals surface area (Å²) in [5.41, 5.74) is 0.364. The first-order valence-electron chi connectivity index (χ1n) is 6.89. The summed E-state index contributed by atoms with van der Waals surface area (Å²) in [6, 6.07) is 11.1. The van der Waals surface area contributed by atoms with Crippen LogP contribution >= 0.6 is 0 Å². The molecule has 1 fully saturated rings. The van der Waals surface area contributed by atoms with E-state index in [1.165, 1.54) is 42.5 Å². The Balaban J connectivity index is 1.86. The van der Waals surface area contributed by atoms with E-state index in [-0.39, 0.29) is 23.4 Å². The van der Waals surface area contributed by atoms with Crippen molar-refractivity contribution < 1.29 is 18.4 Å². The molecule has 0 bridgehead atoms. The van der Waals surface area contributed by atoms with Gasteiger partial charge in [-0.1, -0.05) is 36.4 Å². The molecular formula is C17H12F2N2O2. The van der Waals surface area contributed by atoms with Crippen LogP contribution < -0.4 is 5.32 Å². The second-order valence-corrected chi connectivity index (χ2v) is 4.99. The van der Waals surface area contributed by atoms with Crippen molar-refractivity contribution in [3.63, 3.8) is 0 Å². The molecule has 3 amide bonds. The summed E-state index contributed by atoms with van der Waals surface area (Å²) in [4.78, 5) is 25.1. The first-order chi connectivity index (χ1) is 11.1. The van der Waals surface area contributed by atoms with Gasteiger partial charge in [-0.15, -0.1) is 0 Å². The number of nitrogens with zero attached hydrogens (tertiary/aromatic N) is 1. The van der Waals surface area contributed by atoms with Crippen molar-refractivity contribution in [3.05, 3.63) is 77.0 Å². The molecule has 1 aliphatic rings. The predicted octanol–water partition coefficient (Wildman–Crippen LogP) is 3.06. The Morgan fingerprint density at radius 3 is 2.30 bits per heavy atom. The Labute approximate surface area is 131 Å². The molecule has 6 heteroatoms. The minimum absolute atomic E-state index is 0.0450. The van der Waals surface area contributed by atoms with E-state index in [4.69, 9.17) is 0 Å². The van der Waals surface area contributed by atoms with E-state index in [1.54, 1.807) is 12.1 Å². The number of benzene rings is 2. The topological polar surface area (TPSA) is 49.4 Å². The van der Waals surface area contributed by atoms with Gasteiger partial charge in [0.25, 0.3) is 5.91 Å². The van der Waals surface area contributed by atoms with Crippen LogP contribution in [0.5, 0.6) is 0 Å². The van der Waals surface area contributed by atoms with Gasteiger partial charge in [0, 0.05) is 11.1 Å². The molecule has 0 saturated carbocycles. The van der Waals surface area contributed by atoms with Gasteiger partial charge in [0.1, 0.15) is 17.3 Å². The zero-order valence-electron chi connectivity index (χ0n) is 11.9. The number of halogens is 2. The van der Waals surface area contributed by atoms with Gasteiger partial charge in [-0.2, -0.15) is 0 Å². The van der Waals surface area contributed by atoms with Crippen LogP contribution in [-0.2, 0) is 11.3 Å². The minimum atomic E-state index is -0.666. The smallest absolute Gasteiger partial charge is 0.303 e. The molecule has 0 atom stereocenters. The van der Waals surface area contributed by atoms with Crippen LogP contribution in [0.1, 0.15) is 11.1 Å². The fraction of sp³-hybridized carbons (Fsp3) is 0.0588. The normalized spacial score (nSPS) is 16.1. The number of amides is 3. The Morgan fingerprint density at radius 2 is 1.61 bits per heavy atom. The third-order valence-corrected chi connectivity index (χ3v) is 3.45. The van der Waals surface area contributed by atoms with Crippen molar-refractivity contribution in [2.24, 2.45) is 0 Å². The standard InChI is InChI=1S/C17H12F2N2O2/c18-13-7-3-1-5-11(13)9-15-16(22)21(17(23)20-15)10-12-6-2-4-8-14(12)19/h1-9H,10H2,(H,20,23)/b15-9+. The van der Waals surface area contributed by atoms with Gasteiger partial charge in [-0.3, -0.25) is 9.69 Å². The Hall–Kier alpha value is -3.02. The highest BCUT2D eigenvalue weighted by atomic mass is 19.1. The van der Waals surface area contributed by atoms with Crippen molar-refractivity contribution in [2.45, 2.75) is 6.54 Å². The second-order valence-electron chi connectivity index (χ2n) is 4.99. The molecule has 3 rings (SSSR count). The molecule has 1 N–H and O–H groups in total. The van der Waals surface area contributed by atoms with Gasteiger partial charge >= 0.3 is 6.03 Å². The molecule has 0 aliphatic carbocycles. The van der Waals surface area contributed by atoms with E-state index >= 15 is 0 Å². The Bertz CT molecular complexity index is 818. The lowest BCUT2D eigenvalue weighted by molar-refractivity contribution is -0.123. The van der Waals surface area contributed by atoms with Crippen LogP contribution in [-0.4, -0.2) is 16.8 Å². The lowest BCUT2D eigenvalue weighted by Crippen LogP contribution is -2.30. The maximum Gasteiger partial charge on any atom is 0.329 e. The van der Waals surface area contributed by atoms with Crippen LogP contribution in [0.15, 0.2) is 54.2 Å². The second kappa shape index (κ2) is 6.00. The molecule has 1 saturated heterocycles. The van der Waals surface area contributed by atoms with Crippen molar-refractivity contribution in [1.82, 2.24) is 10.2 Å². The molecule has 0 unspecified atom stereocenters. The summed E-state index contributed by atoms with van der Waals surface area (Å²) >= 11 is 0. The third kappa shape index (κ3) is 2.96. The first kappa shape index (κ1) is 14.9. The maximum absolute atomic E-state index is 13.7. The number of carbonyl (C=O) groups is 2. The number of imide groups is 1. The molecule has 23 heavy (non-hydrogen) atoms. The highest BCUT2D eigenvalue weighted by Crippen LogP contribution is 2.19. The molecule has 0 spiro atoms. The molecular weight excluding hydrogens is 302 g/mol. The summed E-state index contributed by atoms with van der Waals surface area (Å²) in [5, 5.41) is 2.38. The predicted molar refractivity (Wildman–Crippen MR) is 79.9 cm³/mol. The summed E-state index contributed by atoms with van der Waals surface area (Å²) in [7, 11) is 0. The van der Waals surface area contributed by atoms with Crippen molar-refractivity contribution in [1.29, 1.82) is 0 Å². The van der Waals surface area contributed by atoms with Crippen molar-refractivity contribution in [3.8, 4) is 0 Å². The van der Waals surface area contributed by atoms with Crippen molar-refractivity contribution in [2.75, 3.05) is 0 Å². The summed E-state index contributed by atoms with van der Waals surface area (Å²) in [5.74, 6) is -1.63. The van der Waals surface area contributed by atoms with Crippen molar-refractivity contribution >= 4 is 18.0 Å². The molecule has 0 radical (unpaired) electrons. The highest BCUT2D eigenvalue weighted by molar-refractivity contribution is 6.13. The van der Waals surface area contributed by atoms with E-state index < -0.39 is 23.6 Å². The first-order valence-corrected chi connectivity index (χ1v) is 6.89. The zero-order valence-corrected chi connectivity index (χ0v) is 11.9. The highest BCUT2D eigenvalue weighted by Gasteiger charge is 2.34. The number of rotatable bonds is 3. The van der Waals surface area contributed by atoms with E-state index in [1.807, 2.05) is 0 Å². The maximum atomic E-state index is 13.7. The largest absolute Gasteiger partial charge is 0.329 e. The van der Waals surface area contributed by atoms with Crippen LogP contribution in [0.25, 0.3) is 6.08 Å². The lowest BCUT2D eigenvalue weighted by Gasteiger charge is -2.12. The SMILES string of the molecule is O=C1N/C(=C/c2ccccc2F)C(=O)N1Cc1ccccc1F. The lowest BCUT2D eigenvalue weighted by atomic mass is 10.1. The summed E-state index contributed by atoms with van der Waals surface area (Å²) in [6.07, 6.45) is 1.26. The van der Waals surface area contributed by atoms with Gasteiger partial charge in [0.15, 0.2) is 0 Å².